The molecule has 0 saturated carbocycles. The molecule has 156 valence electrons. The zero-order valence-electron chi connectivity index (χ0n) is 17.2. The molecule has 2 aromatic rings. The second-order valence-electron chi connectivity index (χ2n) is 7.59. The molecule has 2 aromatic carbocycles. The van der Waals surface area contributed by atoms with E-state index in [0.717, 1.165) is 36.8 Å². The Hall–Kier alpha value is -2.08. The minimum Gasteiger partial charge on any atom is -0.491 e. The quantitative estimate of drug-likeness (QED) is 0.647. The van der Waals surface area contributed by atoms with Crippen molar-refractivity contribution in [3.8, 4) is 5.75 Å². The fourth-order valence-electron chi connectivity index (χ4n) is 3.73. The Kier molecular flexibility index (Phi) is 7.53. The second kappa shape index (κ2) is 10.1. The smallest absolute Gasteiger partial charge is 0.162 e. The summed E-state index contributed by atoms with van der Waals surface area (Å²) in [5.41, 5.74) is 3.01. The first-order valence-electron chi connectivity index (χ1n) is 10.3. The van der Waals surface area contributed by atoms with E-state index in [1.165, 1.54) is 10.6 Å². The number of piperazine rings is 1. The predicted octanol–water partition coefficient (Wildman–Crippen LogP) is 2.39. The minimum atomic E-state index is -0.526. The van der Waals surface area contributed by atoms with Crippen LogP contribution in [-0.4, -0.2) is 56.3 Å². The number of aliphatic hydroxyl groups excluding tert-OH is 1. The van der Waals surface area contributed by atoms with Crippen molar-refractivity contribution in [1.29, 1.82) is 0 Å². The van der Waals surface area contributed by atoms with Crippen molar-refractivity contribution in [2.75, 3.05) is 44.2 Å². The molecular weight excluding hydrogens is 388 g/mol. The summed E-state index contributed by atoms with van der Waals surface area (Å²) in [6.45, 7) is 8.64. The number of hydrogen-bond acceptors (Lipinski definition) is 4. The van der Waals surface area contributed by atoms with Gasteiger partial charge in [0.1, 0.15) is 25.0 Å². The number of hydrogen-bond donors (Lipinski definition) is 2. The Morgan fingerprint density at radius 1 is 1.21 bits per heavy atom. The van der Waals surface area contributed by atoms with Gasteiger partial charge in [-0.1, -0.05) is 24.6 Å². The van der Waals surface area contributed by atoms with E-state index >= 15 is 0 Å². The summed E-state index contributed by atoms with van der Waals surface area (Å²) in [5, 5.41) is 11.2. The van der Waals surface area contributed by atoms with E-state index in [1.54, 1.807) is 24.3 Å². The van der Waals surface area contributed by atoms with E-state index in [1.807, 2.05) is 19.1 Å². The molecule has 0 unspecified atom stereocenters. The molecule has 0 radical (unpaired) electrons. The molecule has 1 heterocycles. The lowest BCUT2D eigenvalue weighted by molar-refractivity contribution is -0.903. The van der Waals surface area contributed by atoms with Gasteiger partial charge in [-0.05, 0) is 48.9 Å². The van der Waals surface area contributed by atoms with Gasteiger partial charge in [0.15, 0.2) is 5.78 Å². The van der Waals surface area contributed by atoms with Crippen LogP contribution in [0, 0.1) is 6.92 Å². The van der Waals surface area contributed by atoms with E-state index in [-0.39, 0.29) is 12.4 Å². The number of quaternary nitrogens is 1. The lowest BCUT2D eigenvalue weighted by atomic mass is 10.1. The first-order chi connectivity index (χ1) is 14.0. The van der Waals surface area contributed by atoms with E-state index < -0.39 is 6.10 Å². The van der Waals surface area contributed by atoms with Crippen LogP contribution in [-0.2, 0) is 0 Å². The molecule has 1 saturated heterocycles. The maximum absolute atomic E-state index is 11.7. The zero-order valence-corrected chi connectivity index (χ0v) is 17.9. The highest BCUT2D eigenvalue weighted by Gasteiger charge is 2.24. The second-order valence-corrected chi connectivity index (χ2v) is 8.00. The third-order valence-electron chi connectivity index (χ3n) is 5.51. The van der Waals surface area contributed by atoms with Crippen molar-refractivity contribution in [3.05, 3.63) is 58.6 Å². The highest BCUT2D eigenvalue weighted by Crippen LogP contribution is 2.26. The van der Waals surface area contributed by atoms with Crippen LogP contribution in [0.1, 0.15) is 29.3 Å². The molecule has 0 spiro atoms. The van der Waals surface area contributed by atoms with Gasteiger partial charge in [0.2, 0.25) is 0 Å². The summed E-state index contributed by atoms with van der Waals surface area (Å²) in [5.74, 6) is 0.792. The average Bonchev–Trinajstić information content (AvgIpc) is 2.75. The van der Waals surface area contributed by atoms with Crippen molar-refractivity contribution in [2.45, 2.75) is 26.4 Å². The van der Waals surface area contributed by atoms with Crippen molar-refractivity contribution < 1.29 is 19.5 Å². The van der Waals surface area contributed by atoms with E-state index in [0.29, 0.717) is 24.3 Å². The number of carbonyl (C=O) groups excluding carboxylic acids is 1. The normalized spacial score (nSPS) is 15.9. The Labute approximate surface area is 177 Å². The lowest BCUT2D eigenvalue weighted by Crippen LogP contribution is -3.16. The number of ether oxygens (including phenoxy) is 1. The van der Waals surface area contributed by atoms with Crippen LogP contribution in [0.3, 0.4) is 0 Å². The number of ketones is 1. The lowest BCUT2D eigenvalue weighted by Gasteiger charge is -2.35. The number of halogens is 1. The number of benzene rings is 2. The molecule has 1 aliphatic heterocycles. The van der Waals surface area contributed by atoms with E-state index in [4.69, 9.17) is 16.3 Å². The molecule has 0 bridgehead atoms. The summed E-state index contributed by atoms with van der Waals surface area (Å²) >= 11 is 6.25. The molecule has 1 fully saturated rings. The van der Waals surface area contributed by atoms with Gasteiger partial charge in [-0.25, -0.2) is 0 Å². The number of nitrogens with zero attached hydrogens (tertiary/aromatic N) is 1. The fourth-order valence-corrected chi connectivity index (χ4v) is 3.90. The molecule has 1 aliphatic rings. The van der Waals surface area contributed by atoms with Gasteiger partial charge in [-0.15, -0.1) is 0 Å². The maximum Gasteiger partial charge on any atom is 0.162 e. The third kappa shape index (κ3) is 5.72. The Morgan fingerprint density at radius 2 is 1.90 bits per heavy atom. The van der Waals surface area contributed by atoms with Crippen molar-refractivity contribution in [2.24, 2.45) is 0 Å². The maximum atomic E-state index is 11.7. The van der Waals surface area contributed by atoms with Crippen molar-refractivity contribution in [3.63, 3.8) is 0 Å². The number of rotatable bonds is 8. The molecule has 0 aromatic heterocycles. The van der Waals surface area contributed by atoms with Gasteiger partial charge >= 0.3 is 0 Å². The number of aliphatic hydroxyl groups is 1. The monoisotopic (exact) mass is 417 g/mol. The average molecular weight is 418 g/mol. The number of Topliss-reactive ketones (excluding diaryl/α,β-unsaturated/α-hetero) is 1. The SMILES string of the molecule is CCC(=O)c1ccc(OC[C@@H](O)C[NH+]2CCN(c3cccc(Cl)c3C)CC2)cc1. The Morgan fingerprint density at radius 3 is 2.55 bits per heavy atom. The predicted molar refractivity (Wildman–Crippen MR) is 117 cm³/mol. The van der Waals surface area contributed by atoms with Gasteiger partial charge in [0, 0.05) is 22.7 Å². The molecule has 5 nitrogen and oxygen atoms in total. The van der Waals surface area contributed by atoms with Crippen LogP contribution in [0.4, 0.5) is 5.69 Å². The van der Waals surface area contributed by atoms with Crippen LogP contribution >= 0.6 is 11.6 Å². The minimum absolute atomic E-state index is 0.118. The Balaban J connectivity index is 1.43. The standard InChI is InChI=1S/C23H29ClN2O3/c1-3-23(28)18-7-9-20(10-8-18)29-16-19(27)15-25-11-13-26(14-12-25)22-6-4-5-21(24)17(22)2/h4-10,19,27H,3,11-16H2,1-2H3/p+1/t19-/m0/s1. The summed E-state index contributed by atoms with van der Waals surface area (Å²) in [6.07, 6.45) is -0.0346. The van der Waals surface area contributed by atoms with Crippen LogP contribution in [0.25, 0.3) is 0 Å². The summed E-state index contributed by atoms with van der Waals surface area (Å²) < 4.78 is 5.70. The van der Waals surface area contributed by atoms with Gasteiger partial charge < -0.3 is 19.6 Å². The van der Waals surface area contributed by atoms with Crippen LogP contribution in [0.15, 0.2) is 42.5 Å². The van der Waals surface area contributed by atoms with Gasteiger partial charge in [0.05, 0.1) is 26.2 Å². The van der Waals surface area contributed by atoms with E-state index in [9.17, 15) is 9.90 Å². The van der Waals surface area contributed by atoms with Crippen molar-refractivity contribution in [1.82, 2.24) is 0 Å². The topological polar surface area (TPSA) is 54.2 Å². The zero-order chi connectivity index (χ0) is 20.8. The molecule has 1 atom stereocenters. The summed E-state index contributed by atoms with van der Waals surface area (Å²) in [6, 6.07) is 13.2. The molecule has 6 heteroatoms. The molecule has 2 N–H and O–H groups in total. The van der Waals surface area contributed by atoms with E-state index in [2.05, 4.69) is 17.9 Å². The van der Waals surface area contributed by atoms with Gasteiger partial charge in [-0.3, -0.25) is 4.79 Å². The first kappa shape index (κ1) is 21.6. The van der Waals surface area contributed by atoms with Crippen LogP contribution < -0.4 is 14.5 Å². The summed E-state index contributed by atoms with van der Waals surface area (Å²) in [7, 11) is 0. The number of nitrogens with one attached hydrogen (secondary N) is 1. The molecular formula is C23H30ClN2O3+. The highest BCUT2D eigenvalue weighted by molar-refractivity contribution is 6.31. The molecule has 3 rings (SSSR count). The number of anilines is 1. The largest absolute Gasteiger partial charge is 0.491 e. The molecule has 0 amide bonds. The first-order valence-corrected chi connectivity index (χ1v) is 10.6. The fraction of sp³-hybridized carbons (Fsp3) is 0.435. The molecule has 0 aliphatic carbocycles. The van der Waals surface area contributed by atoms with Crippen LogP contribution in [0.5, 0.6) is 5.75 Å². The Bertz CT molecular complexity index is 817. The van der Waals surface area contributed by atoms with Gasteiger partial charge in [0.25, 0.3) is 0 Å². The number of carbonyl (C=O) groups is 1. The highest BCUT2D eigenvalue weighted by atomic mass is 35.5. The van der Waals surface area contributed by atoms with Crippen molar-refractivity contribution >= 4 is 23.1 Å². The van der Waals surface area contributed by atoms with Crippen LogP contribution in [0.2, 0.25) is 5.02 Å². The third-order valence-corrected chi connectivity index (χ3v) is 5.92. The summed E-state index contributed by atoms with van der Waals surface area (Å²) in [4.78, 5) is 15.4. The van der Waals surface area contributed by atoms with Gasteiger partial charge in [-0.2, -0.15) is 0 Å². The molecule has 29 heavy (non-hydrogen) atoms.